The van der Waals surface area contributed by atoms with Gasteiger partial charge in [-0.15, -0.1) is 0 Å². The molecule has 0 aliphatic rings. The second-order valence-electron chi connectivity index (χ2n) is 10.0. The van der Waals surface area contributed by atoms with Crippen molar-refractivity contribution >= 4 is 32.3 Å². The van der Waals surface area contributed by atoms with Crippen LogP contribution in [0.1, 0.15) is 44.9 Å². The number of H-pyrrole nitrogens is 1. The van der Waals surface area contributed by atoms with E-state index in [1.807, 2.05) is 67.6 Å². The Balaban J connectivity index is 1.93. The molecule has 1 aromatic heterocycles. The van der Waals surface area contributed by atoms with Gasteiger partial charge in [-0.05, 0) is 0 Å². The van der Waals surface area contributed by atoms with Crippen molar-refractivity contribution in [3.63, 3.8) is 0 Å². The second kappa shape index (κ2) is 11.7. The molecule has 3 rings (SSSR count). The van der Waals surface area contributed by atoms with E-state index in [4.69, 9.17) is 9.16 Å². The molecule has 0 fully saturated rings. The van der Waals surface area contributed by atoms with Crippen LogP contribution in [0.15, 0.2) is 70.3 Å². The van der Waals surface area contributed by atoms with E-state index >= 15 is 0 Å². The quantitative estimate of drug-likeness (QED) is 0.386. The topological polar surface area (TPSA) is 73.3 Å². The van der Waals surface area contributed by atoms with Crippen molar-refractivity contribution in [2.24, 2.45) is 0 Å². The van der Waals surface area contributed by atoms with Crippen molar-refractivity contribution in [3.05, 3.63) is 92.6 Å². The van der Waals surface area contributed by atoms with Crippen LogP contribution in [0.25, 0.3) is 0 Å². The second-order valence-corrected chi connectivity index (χ2v) is 17.0. The Hall–Kier alpha value is -2.22. The van der Waals surface area contributed by atoms with Gasteiger partial charge in [0.2, 0.25) is 0 Å². The van der Waals surface area contributed by atoms with Crippen LogP contribution in [-0.2, 0) is 22.3 Å². The predicted molar refractivity (Wildman–Crippen MR) is 146 cm³/mol. The minimum absolute atomic E-state index is 0.0347. The van der Waals surface area contributed by atoms with E-state index in [0.29, 0.717) is 18.6 Å². The Kier molecular flexibility index (Phi) is 9.13. The fourth-order valence-electron chi connectivity index (χ4n) is 3.31. The summed E-state index contributed by atoms with van der Waals surface area (Å²) in [6, 6.07) is 19.9. The number of ether oxygens (including phenoxy) is 1. The number of nitrogens with one attached hydrogen (secondary N) is 1. The van der Waals surface area contributed by atoms with Crippen LogP contribution in [0.4, 0.5) is 0 Å². The van der Waals surface area contributed by atoms with Gasteiger partial charge in [0.1, 0.15) is 0 Å². The fraction of sp³-hybridized carbons (Fsp3) is 0.407. The molecule has 0 radical (unpaired) electrons. The molecule has 6 nitrogen and oxygen atoms in total. The van der Waals surface area contributed by atoms with Gasteiger partial charge in [0, 0.05) is 0 Å². The number of hydrogen-bond donors (Lipinski definition) is 1. The van der Waals surface area contributed by atoms with Crippen molar-refractivity contribution in [1.82, 2.24) is 9.55 Å². The number of nitrogens with zero attached hydrogens (tertiary/aromatic N) is 1. The summed E-state index contributed by atoms with van der Waals surface area (Å²) in [6.45, 7) is 13.4. The van der Waals surface area contributed by atoms with Crippen LogP contribution >= 0.6 is 0 Å². The number of hydrogen-bond acceptors (Lipinski definition) is 4. The first-order valence-electron chi connectivity index (χ1n) is 11.9. The summed E-state index contributed by atoms with van der Waals surface area (Å²) in [6.07, 6.45) is 0.196. The van der Waals surface area contributed by atoms with Crippen LogP contribution in [0.3, 0.4) is 0 Å². The van der Waals surface area contributed by atoms with Crippen molar-refractivity contribution in [1.29, 1.82) is 0 Å². The Morgan fingerprint density at radius 1 is 1.00 bits per heavy atom. The third-order valence-electron chi connectivity index (χ3n) is 6.53. The molecule has 0 saturated carbocycles. The van der Waals surface area contributed by atoms with Gasteiger partial charge < -0.3 is 0 Å². The van der Waals surface area contributed by atoms with Gasteiger partial charge in [0.25, 0.3) is 0 Å². The molecule has 0 aliphatic heterocycles. The van der Waals surface area contributed by atoms with E-state index in [1.165, 1.54) is 0 Å². The van der Waals surface area contributed by atoms with E-state index in [9.17, 15) is 9.59 Å². The monoisotopic (exact) mass is 560 g/mol. The summed E-state index contributed by atoms with van der Waals surface area (Å²) < 4.78 is 16.3. The summed E-state index contributed by atoms with van der Waals surface area (Å²) in [4.78, 5) is 28.0. The summed E-state index contributed by atoms with van der Waals surface area (Å²) in [5.41, 5.74) is 0.861. The Bertz CT molecular complexity index is 1220. The molecule has 0 aliphatic carbocycles. The first-order valence-corrected chi connectivity index (χ1v) is 16.5. The zero-order valence-electron chi connectivity index (χ0n) is 21.5. The zero-order chi connectivity index (χ0) is 25.6. The Labute approximate surface area is 215 Å². The SMILES string of the molecule is CCc1c([Se]c2ccccc2)n(COC(CO[Si](C)(C)C(C)(C)C)c2ccccc2)c(=O)[nH]c1=O. The number of rotatable bonds is 10. The normalized spacial score (nSPS) is 13.1. The van der Waals surface area contributed by atoms with Crippen molar-refractivity contribution in [2.45, 2.75) is 65.1 Å². The van der Waals surface area contributed by atoms with Crippen molar-refractivity contribution < 1.29 is 9.16 Å². The van der Waals surface area contributed by atoms with Crippen LogP contribution in [0.5, 0.6) is 0 Å². The van der Waals surface area contributed by atoms with E-state index in [2.05, 4.69) is 38.8 Å². The zero-order valence-corrected chi connectivity index (χ0v) is 24.2. The molecule has 1 unspecified atom stereocenters. The van der Waals surface area contributed by atoms with E-state index < -0.39 is 14.0 Å². The molecule has 0 amide bonds. The summed E-state index contributed by atoms with van der Waals surface area (Å²) in [5.74, 6) is 0. The Morgan fingerprint density at radius 2 is 1.60 bits per heavy atom. The van der Waals surface area contributed by atoms with E-state index in [1.54, 1.807) is 4.57 Å². The molecule has 2 aromatic carbocycles. The van der Waals surface area contributed by atoms with Crippen LogP contribution in [-0.4, -0.2) is 39.4 Å². The standard InChI is InChI=1S/C27H36N2O4SeSi/c1-7-22-24(30)28-26(31)29(25(22)34-21-16-12-9-13-17-21)19-32-23(20-14-10-8-11-15-20)18-33-35(5,6)27(2,3)4/h8-17,23H,7,18-19H2,1-6H3,(H,28,30,31). The molecular formula is C27H36N2O4SeSi. The van der Waals surface area contributed by atoms with Crippen LogP contribution in [0.2, 0.25) is 18.1 Å². The predicted octanol–water partition coefficient (Wildman–Crippen LogP) is 3.49. The van der Waals surface area contributed by atoms with Crippen LogP contribution in [0, 0.1) is 0 Å². The molecular weight excluding hydrogens is 523 g/mol. The third-order valence-corrected chi connectivity index (χ3v) is 13.5. The number of aromatic amines is 1. The molecule has 1 atom stereocenters. The van der Waals surface area contributed by atoms with Gasteiger partial charge >= 0.3 is 215 Å². The molecule has 3 aromatic rings. The first kappa shape index (κ1) is 27.4. The number of benzene rings is 2. The molecule has 1 N–H and O–H groups in total. The van der Waals surface area contributed by atoms with Gasteiger partial charge in [-0.3, -0.25) is 0 Å². The van der Waals surface area contributed by atoms with Gasteiger partial charge in [-0.1, -0.05) is 0 Å². The third kappa shape index (κ3) is 6.93. The molecule has 35 heavy (non-hydrogen) atoms. The maximum atomic E-state index is 12.9. The van der Waals surface area contributed by atoms with E-state index in [0.717, 1.165) is 14.6 Å². The molecule has 1 heterocycles. The molecule has 8 heteroatoms. The van der Waals surface area contributed by atoms with Gasteiger partial charge in [-0.25, -0.2) is 0 Å². The molecule has 188 valence electrons. The maximum absolute atomic E-state index is 12.9. The first-order chi connectivity index (χ1) is 16.5. The summed E-state index contributed by atoms with van der Waals surface area (Å²) in [7, 11) is -2.00. The van der Waals surface area contributed by atoms with Crippen LogP contribution < -0.4 is 20.3 Å². The number of aromatic nitrogens is 2. The molecule has 0 saturated heterocycles. The van der Waals surface area contributed by atoms with E-state index in [-0.39, 0.29) is 38.4 Å². The van der Waals surface area contributed by atoms with Gasteiger partial charge in [-0.2, -0.15) is 0 Å². The molecule has 0 spiro atoms. The minimum atomic E-state index is -2.00. The van der Waals surface area contributed by atoms with Crippen molar-refractivity contribution in [3.8, 4) is 0 Å². The van der Waals surface area contributed by atoms with Gasteiger partial charge in [0.05, 0.1) is 0 Å². The molecule has 0 bridgehead atoms. The van der Waals surface area contributed by atoms with Gasteiger partial charge in [0.15, 0.2) is 0 Å². The van der Waals surface area contributed by atoms with Crippen molar-refractivity contribution in [2.75, 3.05) is 6.61 Å². The Morgan fingerprint density at radius 3 is 2.17 bits per heavy atom. The summed E-state index contributed by atoms with van der Waals surface area (Å²) in [5, 5.41) is 0.0749. The average molecular weight is 560 g/mol. The summed E-state index contributed by atoms with van der Waals surface area (Å²) >= 11 is -0.219. The average Bonchev–Trinajstić information content (AvgIpc) is 2.81. The fourth-order valence-corrected chi connectivity index (χ4v) is 6.67.